The van der Waals surface area contributed by atoms with Gasteiger partial charge in [0.15, 0.2) is 0 Å². The first kappa shape index (κ1) is 19.6. The van der Waals surface area contributed by atoms with Gasteiger partial charge in [0.25, 0.3) is 5.91 Å². The molecule has 1 aromatic carbocycles. The summed E-state index contributed by atoms with van der Waals surface area (Å²) >= 11 is 0. The summed E-state index contributed by atoms with van der Waals surface area (Å²) in [6.45, 7) is 3.96. The van der Waals surface area contributed by atoms with Gasteiger partial charge in [0, 0.05) is 17.6 Å². The maximum absolute atomic E-state index is 13.1. The molecule has 3 rings (SSSR count). The van der Waals surface area contributed by atoms with Gasteiger partial charge in [-0.15, -0.1) is 0 Å². The van der Waals surface area contributed by atoms with Crippen molar-refractivity contribution in [1.82, 2.24) is 9.62 Å². The van der Waals surface area contributed by atoms with E-state index in [1.54, 1.807) is 32.2 Å². The van der Waals surface area contributed by atoms with E-state index in [1.807, 2.05) is 17.0 Å². The number of nitrogens with one attached hydrogen (secondary N) is 1. The highest BCUT2D eigenvalue weighted by Crippen LogP contribution is 2.27. The van der Waals surface area contributed by atoms with Gasteiger partial charge in [-0.3, -0.25) is 4.79 Å². The van der Waals surface area contributed by atoms with Gasteiger partial charge in [0.2, 0.25) is 10.0 Å². The number of nitrogens with zero attached hydrogens (tertiary/aromatic N) is 1. The topological polar surface area (TPSA) is 79.6 Å². The first-order valence-corrected chi connectivity index (χ1v) is 10.8. The van der Waals surface area contributed by atoms with E-state index < -0.39 is 10.0 Å². The summed E-state index contributed by atoms with van der Waals surface area (Å²) in [7, 11) is -3.57. The van der Waals surface area contributed by atoms with Gasteiger partial charge in [-0.25, -0.2) is 13.1 Å². The Kier molecular flexibility index (Phi) is 6.01. The second kappa shape index (κ2) is 8.27. The smallest absolute Gasteiger partial charge is 0.254 e. The summed E-state index contributed by atoms with van der Waals surface area (Å²) in [5, 5.41) is 0. The summed E-state index contributed by atoms with van der Waals surface area (Å²) in [4.78, 5) is 15.1. The third-order valence-corrected chi connectivity index (χ3v) is 6.41. The Morgan fingerprint density at radius 2 is 1.85 bits per heavy atom. The van der Waals surface area contributed by atoms with Gasteiger partial charge < -0.3 is 9.32 Å². The highest BCUT2D eigenvalue weighted by Gasteiger charge is 2.28. The van der Waals surface area contributed by atoms with Crippen LogP contribution in [0.3, 0.4) is 0 Å². The minimum Gasteiger partial charge on any atom is -0.467 e. The lowest BCUT2D eigenvalue weighted by Crippen LogP contribution is -2.38. The zero-order chi connectivity index (χ0) is 19.4. The van der Waals surface area contributed by atoms with Crippen molar-refractivity contribution in [3.05, 3.63) is 54.0 Å². The molecule has 146 valence electrons. The van der Waals surface area contributed by atoms with E-state index in [9.17, 15) is 13.2 Å². The zero-order valence-electron chi connectivity index (χ0n) is 15.7. The van der Waals surface area contributed by atoms with Crippen molar-refractivity contribution in [3.8, 4) is 0 Å². The fourth-order valence-corrected chi connectivity index (χ4v) is 4.73. The molecular weight excluding hydrogens is 364 g/mol. The Morgan fingerprint density at radius 3 is 2.41 bits per heavy atom. The largest absolute Gasteiger partial charge is 0.467 e. The predicted octanol–water partition coefficient (Wildman–Crippen LogP) is 3.55. The van der Waals surface area contributed by atoms with Crippen molar-refractivity contribution in [2.45, 2.75) is 63.1 Å². The standard InChI is InChI=1S/C20H26N2O4S/c1-15(2)21-27(24,25)19-11-9-16(10-12-19)20(23)22(17-6-3-4-7-17)14-18-8-5-13-26-18/h5,8-13,15,17,21H,3-4,6-7,14H2,1-2H3. The lowest BCUT2D eigenvalue weighted by Gasteiger charge is -2.28. The van der Waals surface area contributed by atoms with Crippen LogP contribution in [0.4, 0.5) is 0 Å². The molecule has 1 N–H and O–H groups in total. The van der Waals surface area contributed by atoms with Gasteiger partial charge in [0.05, 0.1) is 17.7 Å². The number of hydrogen-bond acceptors (Lipinski definition) is 4. The predicted molar refractivity (Wildman–Crippen MR) is 103 cm³/mol. The fourth-order valence-electron chi connectivity index (χ4n) is 3.47. The first-order chi connectivity index (χ1) is 12.9. The van der Waals surface area contributed by atoms with E-state index in [0.29, 0.717) is 12.1 Å². The van der Waals surface area contributed by atoms with Gasteiger partial charge in [0.1, 0.15) is 5.76 Å². The van der Waals surface area contributed by atoms with E-state index in [1.165, 1.54) is 12.1 Å². The molecule has 1 amide bonds. The lowest BCUT2D eigenvalue weighted by atomic mass is 10.1. The number of rotatable bonds is 7. The Hall–Kier alpha value is -2.12. The van der Waals surface area contributed by atoms with Crippen LogP contribution in [0.25, 0.3) is 0 Å². The monoisotopic (exact) mass is 390 g/mol. The molecule has 1 aliphatic rings. The van der Waals surface area contributed by atoms with Crippen molar-refractivity contribution in [1.29, 1.82) is 0 Å². The van der Waals surface area contributed by atoms with Gasteiger partial charge in [-0.1, -0.05) is 12.8 Å². The van der Waals surface area contributed by atoms with Crippen LogP contribution in [0.5, 0.6) is 0 Å². The number of amides is 1. The Bertz CT molecular complexity index is 852. The van der Waals surface area contributed by atoms with Gasteiger partial charge in [-0.2, -0.15) is 0 Å². The van der Waals surface area contributed by atoms with E-state index in [0.717, 1.165) is 31.4 Å². The number of hydrogen-bond donors (Lipinski definition) is 1. The molecule has 0 spiro atoms. The third-order valence-electron chi connectivity index (χ3n) is 4.74. The quantitative estimate of drug-likeness (QED) is 0.784. The van der Waals surface area contributed by atoms with Crippen LogP contribution >= 0.6 is 0 Å². The molecule has 7 heteroatoms. The van der Waals surface area contributed by atoms with Crippen LogP contribution in [0.2, 0.25) is 0 Å². The van der Waals surface area contributed by atoms with E-state index >= 15 is 0 Å². The van der Waals surface area contributed by atoms with E-state index in [-0.39, 0.29) is 22.9 Å². The molecule has 1 saturated carbocycles. The van der Waals surface area contributed by atoms with Crippen LogP contribution in [-0.4, -0.2) is 31.3 Å². The third kappa shape index (κ3) is 4.78. The molecule has 0 saturated heterocycles. The first-order valence-electron chi connectivity index (χ1n) is 9.32. The molecule has 1 fully saturated rings. The molecule has 1 heterocycles. The van der Waals surface area contributed by atoms with Crippen molar-refractivity contribution < 1.29 is 17.6 Å². The average Bonchev–Trinajstić information content (AvgIpc) is 3.32. The normalized spacial score (nSPS) is 15.4. The molecular formula is C20H26N2O4S. The SMILES string of the molecule is CC(C)NS(=O)(=O)c1ccc(C(=O)N(Cc2ccco2)C2CCCC2)cc1. The number of carbonyl (C=O) groups is 1. The summed E-state index contributed by atoms with van der Waals surface area (Å²) < 4.78 is 32.5. The van der Waals surface area contributed by atoms with E-state index in [4.69, 9.17) is 4.42 Å². The molecule has 1 aromatic heterocycles. The minimum absolute atomic E-state index is 0.0981. The van der Waals surface area contributed by atoms with Crippen LogP contribution in [0.1, 0.15) is 55.6 Å². The number of carbonyl (C=O) groups excluding carboxylic acids is 1. The molecule has 0 atom stereocenters. The lowest BCUT2D eigenvalue weighted by molar-refractivity contribution is 0.0649. The number of furan rings is 1. The highest BCUT2D eigenvalue weighted by atomic mass is 32.2. The van der Waals surface area contributed by atoms with Gasteiger partial charge in [-0.05, 0) is 63.1 Å². The molecule has 0 bridgehead atoms. The molecule has 2 aromatic rings. The Morgan fingerprint density at radius 1 is 1.19 bits per heavy atom. The summed E-state index contributed by atoms with van der Waals surface area (Å²) in [5.74, 6) is 0.648. The zero-order valence-corrected chi connectivity index (χ0v) is 16.5. The average molecular weight is 391 g/mol. The summed E-state index contributed by atoms with van der Waals surface area (Å²) in [5.41, 5.74) is 0.483. The Balaban J connectivity index is 1.81. The van der Waals surface area contributed by atoms with Crippen molar-refractivity contribution >= 4 is 15.9 Å². The molecule has 27 heavy (non-hydrogen) atoms. The summed E-state index contributed by atoms with van der Waals surface area (Å²) in [6, 6.07) is 9.81. The minimum atomic E-state index is -3.57. The molecule has 0 unspecified atom stereocenters. The van der Waals surface area contributed by atoms with Crippen LogP contribution in [0.15, 0.2) is 52.0 Å². The Labute approximate surface area is 160 Å². The van der Waals surface area contributed by atoms with Crippen molar-refractivity contribution in [3.63, 3.8) is 0 Å². The summed E-state index contributed by atoms with van der Waals surface area (Å²) in [6.07, 6.45) is 5.80. The van der Waals surface area contributed by atoms with Gasteiger partial charge >= 0.3 is 0 Å². The van der Waals surface area contributed by atoms with Crippen molar-refractivity contribution in [2.75, 3.05) is 0 Å². The van der Waals surface area contributed by atoms with E-state index in [2.05, 4.69) is 4.72 Å². The van der Waals surface area contributed by atoms with Crippen LogP contribution in [-0.2, 0) is 16.6 Å². The maximum atomic E-state index is 13.1. The molecule has 6 nitrogen and oxygen atoms in total. The van der Waals surface area contributed by atoms with Crippen molar-refractivity contribution in [2.24, 2.45) is 0 Å². The molecule has 0 aliphatic heterocycles. The van der Waals surface area contributed by atoms with Crippen LogP contribution < -0.4 is 4.72 Å². The second-order valence-corrected chi connectivity index (χ2v) is 8.97. The van der Waals surface area contributed by atoms with Crippen LogP contribution in [0, 0.1) is 0 Å². The number of sulfonamides is 1. The fraction of sp³-hybridized carbons (Fsp3) is 0.450. The maximum Gasteiger partial charge on any atom is 0.254 e. The second-order valence-electron chi connectivity index (χ2n) is 7.25. The highest BCUT2D eigenvalue weighted by molar-refractivity contribution is 7.89. The molecule has 0 radical (unpaired) electrons. The number of benzene rings is 1. The molecule has 1 aliphatic carbocycles.